The van der Waals surface area contributed by atoms with Gasteiger partial charge in [-0.3, -0.25) is 4.79 Å². The first-order chi connectivity index (χ1) is 9.99. The molecule has 0 bridgehead atoms. The summed E-state index contributed by atoms with van der Waals surface area (Å²) in [5, 5.41) is 10.00. The van der Waals surface area contributed by atoms with Gasteiger partial charge >= 0.3 is 5.97 Å². The maximum Gasteiger partial charge on any atom is 0.327 e. The van der Waals surface area contributed by atoms with Gasteiger partial charge in [-0.25, -0.2) is 4.79 Å². The zero-order chi connectivity index (χ0) is 15.4. The second-order valence-corrected chi connectivity index (χ2v) is 6.43. The Labute approximate surface area is 136 Å². The molecule has 1 N–H and O–H groups in total. The van der Waals surface area contributed by atoms with Crippen molar-refractivity contribution in [3.05, 3.63) is 39.9 Å². The molecule has 112 valence electrons. The van der Waals surface area contributed by atoms with Crippen molar-refractivity contribution in [3.63, 3.8) is 0 Å². The van der Waals surface area contributed by atoms with E-state index in [1.54, 1.807) is 24.3 Å². The lowest BCUT2D eigenvalue weighted by Crippen LogP contribution is -2.49. The first-order valence-electron chi connectivity index (χ1n) is 6.23. The van der Waals surface area contributed by atoms with Crippen molar-refractivity contribution in [2.24, 2.45) is 0 Å². The summed E-state index contributed by atoms with van der Waals surface area (Å²) in [5.74, 6) is -0.120. The molecule has 0 aliphatic carbocycles. The molecule has 2 rings (SSSR count). The lowest BCUT2D eigenvalue weighted by atomic mass is 10.2. The quantitative estimate of drug-likeness (QED) is 0.855. The number of rotatable bonds is 3. The van der Waals surface area contributed by atoms with Crippen molar-refractivity contribution in [1.82, 2.24) is 4.90 Å². The Morgan fingerprint density at radius 3 is 2.76 bits per heavy atom. The minimum absolute atomic E-state index is 0.311. The van der Waals surface area contributed by atoms with Gasteiger partial charge in [0.1, 0.15) is 6.04 Å². The van der Waals surface area contributed by atoms with Gasteiger partial charge in [-0.15, -0.1) is 0 Å². The Morgan fingerprint density at radius 2 is 2.10 bits per heavy atom. The highest BCUT2D eigenvalue weighted by Gasteiger charge is 2.31. The van der Waals surface area contributed by atoms with Crippen LogP contribution >= 0.6 is 35.0 Å². The van der Waals surface area contributed by atoms with Gasteiger partial charge in [0.05, 0.1) is 10.0 Å². The number of amides is 1. The summed E-state index contributed by atoms with van der Waals surface area (Å²) in [5.41, 5.74) is 0.732. The number of halogens is 2. The summed E-state index contributed by atoms with van der Waals surface area (Å²) >= 11 is 13.3. The standard InChI is InChI=1S/C14H13Cl2NO3S/c15-10-3-1-9(7-11(10)16)2-4-13(18)17-5-6-21-8-12(17)14(19)20/h1-4,7,12H,5-6,8H2,(H,19,20)/b4-2+. The Hall–Kier alpha value is -1.17. The number of hydrogen-bond acceptors (Lipinski definition) is 3. The third kappa shape index (κ3) is 4.15. The molecular formula is C14H13Cl2NO3S. The molecule has 1 saturated heterocycles. The van der Waals surface area contributed by atoms with Crippen molar-refractivity contribution < 1.29 is 14.7 Å². The van der Waals surface area contributed by atoms with Crippen LogP contribution in [0.15, 0.2) is 24.3 Å². The molecule has 1 heterocycles. The molecule has 7 heteroatoms. The third-order valence-corrected chi connectivity index (χ3v) is 4.82. The van der Waals surface area contributed by atoms with E-state index in [9.17, 15) is 9.59 Å². The Kier molecular flexibility index (Phi) is 5.56. The molecule has 21 heavy (non-hydrogen) atoms. The largest absolute Gasteiger partial charge is 0.480 e. The number of carbonyl (C=O) groups is 2. The highest BCUT2D eigenvalue weighted by Crippen LogP contribution is 2.23. The smallest absolute Gasteiger partial charge is 0.327 e. The van der Waals surface area contributed by atoms with Gasteiger partial charge in [-0.05, 0) is 23.8 Å². The van der Waals surface area contributed by atoms with E-state index in [0.29, 0.717) is 22.3 Å². The van der Waals surface area contributed by atoms with Crippen LogP contribution in [-0.4, -0.2) is 46.0 Å². The summed E-state index contributed by atoms with van der Waals surface area (Å²) in [4.78, 5) is 24.7. The van der Waals surface area contributed by atoms with Gasteiger partial charge in [0, 0.05) is 24.1 Å². The fraction of sp³-hybridized carbons (Fsp3) is 0.286. The van der Waals surface area contributed by atoms with Gasteiger partial charge in [-0.1, -0.05) is 29.3 Å². The first-order valence-corrected chi connectivity index (χ1v) is 8.14. The Balaban J connectivity index is 2.10. The van der Waals surface area contributed by atoms with Gasteiger partial charge in [-0.2, -0.15) is 11.8 Å². The lowest BCUT2D eigenvalue weighted by Gasteiger charge is -2.31. The molecule has 1 aromatic carbocycles. The molecule has 1 aliphatic heterocycles. The summed E-state index contributed by atoms with van der Waals surface area (Å²) < 4.78 is 0. The zero-order valence-electron chi connectivity index (χ0n) is 11.0. The van der Waals surface area contributed by atoms with Crippen LogP contribution in [0.3, 0.4) is 0 Å². The van der Waals surface area contributed by atoms with E-state index in [-0.39, 0.29) is 5.91 Å². The second-order valence-electron chi connectivity index (χ2n) is 4.47. The minimum Gasteiger partial charge on any atom is -0.480 e. The third-order valence-electron chi connectivity index (χ3n) is 3.06. The number of hydrogen-bond donors (Lipinski definition) is 1. The Bertz CT molecular complexity index is 592. The fourth-order valence-corrected chi connectivity index (χ4v) is 3.30. The number of benzene rings is 1. The second kappa shape index (κ2) is 7.20. The summed E-state index contributed by atoms with van der Waals surface area (Å²) in [6.45, 7) is 0.437. The van der Waals surface area contributed by atoms with Crippen LogP contribution in [0.4, 0.5) is 0 Å². The van der Waals surface area contributed by atoms with Crippen molar-refractivity contribution >= 4 is 52.9 Å². The van der Waals surface area contributed by atoms with Crippen molar-refractivity contribution in [3.8, 4) is 0 Å². The molecule has 1 atom stereocenters. The summed E-state index contributed by atoms with van der Waals surface area (Å²) in [7, 11) is 0. The molecule has 1 unspecified atom stereocenters. The number of thioether (sulfide) groups is 1. The molecule has 0 saturated carbocycles. The zero-order valence-corrected chi connectivity index (χ0v) is 13.3. The van der Waals surface area contributed by atoms with Gasteiger partial charge < -0.3 is 10.0 Å². The first kappa shape index (κ1) is 16.2. The number of carboxylic acids is 1. The van der Waals surface area contributed by atoms with Crippen LogP contribution in [-0.2, 0) is 9.59 Å². The molecule has 4 nitrogen and oxygen atoms in total. The predicted molar refractivity (Wildman–Crippen MR) is 86.0 cm³/mol. The van der Waals surface area contributed by atoms with Crippen LogP contribution in [0.2, 0.25) is 10.0 Å². The molecule has 1 aliphatic rings. The SMILES string of the molecule is O=C(O)C1CSCCN1C(=O)/C=C/c1ccc(Cl)c(Cl)c1. The lowest BCUT2D eigenvalue weighted by molar-refractivity contribution is -0.147. The monoisotopic (exact) mass is 345 g/mol. The van der Waals surface area contributed by atoms with Crippen LogP contribution in [0.25, 0.3) is 6.08 Å². The molecular weight excluding hydrogens is 333 g/mol. The molecule has 1 amide bonds. The van der Waals surface area contributed by atoms with Crippen molar-refractivity contribution in [1.29, 1.82) is 0 Å². The maximum absolute atomic E-state index is 12.1. The van der Waals surface area contributed by atoms with Crippen LogP contribution in [0, 0.1) is 0 Å². The summed E-state index contributed by atoms with van der Waals surface area (Å²) in [6, 6.07) is 4.26. The normalized spacial score (nSPS) is 19.0. The van der Waals surface area contributed by atoms with Crippen molar-refractivity contribution in [2.45, 2.75) is 6.04 Å². The number of carboxylic acid groups (broad SMARTS) is 1. The van der Waals surface area contributed by atoms with E-state index in [1.165, 1.54) is 22.7 Å². The number of aliphatic carboxylic acids is 1. The maximum atomic E-state index is 12.1. The molecule has 1 aromatic rings. The highest BCUT2D eigenvalue weighted by atomic mass is 35.5. The average Bonchev–Trinajstić information content (AvgIpc) is 2.48. The van der Waals surface area contributed by atoms with Crippen LogP contribution < -0.4 is 0 Å². The molecule has 0 spiro atoms. The Morgan fingerprint density at radius 1 is 1.33 bits per heavy atom. The molecule has 1 fully saturated rings. The van der Waals surface area contributed by atoms with Crippen LogP contribution in [0.1, 0.15) is 5.56 Å². The van der Waals surface area contributed by atoms with E-state index < -0.39 is 12.0 Å². The van der Waals surface area contributed by atoms with E-state index in [1.807, 2.05) is 0 Å². The minimum atomic E-state index is -0.974. The highest BCUT2D eigenvalue weighted by molar-refractivity contribution is 7.99. The van der Waals surface area contributed by atoms with Gasteiger partial charge in [0.2, 0.25) is 5.91 Å². The van der Waals surface area contributed by atoms with E-state index in [0.717, 1.165) is 11.3 Å². The van der Waals surface area contributed by atoms with Crippen molar-refractivity contribution in [2.75, 3.05) is 18.1 Å². The van der Waals surface area contributed by atoms with Crippen LogP contribution in [0.5, 0.6) is 0 Å². The van der Waals surface area contributed by atoms with E-state index in [4.69, 9.17) is 28.3 Å². The topological polar surface area (TPSA) is 57.6 Å². The van der Waals surface area contributed by atoms with Gasteiger partial charge in [0.15, 0.2) is 0 Å². The summed E-state index contributed by atoms with van der Waals surface area (Å²) in [6.07, 6.45) is 2.97. The van der Waals surface area contributed by atoms with E-state index >= 15 is 0 Å². The van der Waals surface area contributed by atoms with Gasteiger partial charge in [0.25, 0.3) is 0 Å². The number of carbonyl (C=O) groups excluding carboxylic acids is 1. The predicted octanol–water partition coefficient (Wildman–Crippen LogP) is 3.04. The average molecular weight is 346 g/mol. The number of nitrogens with zero attached hydrogens (tertiary/aromatic N) is 1. The molecule has 0 aromatic heterocycles. The fourth-order valence-electron chi connectivity index (χ4n) is 1.95. The molecule has 0 radical (unpaired) electrons. The van der Waals surface area contributed by atoms with E-state index in [2.05, 4.69) is 0 Å².